The number of aromatic nitrogens is 2. The molecule has 1 aromatic heterocycles. The number of carbonyl (C=O) groups is 2. The lowest BCUT2D eigenvalue weighted by atomic mass is 10.00. The maximum Gasteiger partial charge on any atom is 0.323 e. The van der Waals surface area contributed by atoms with Crippen molar-refractivity contribution in [2.75, 3.05) is 33.5 Å². The number of ether oxygens (including phenoxy) is 3. The highest BCUT2D eigenvalue weighted by atomic mass is 16.6. The van der Waals surface area contributed by atoms with Crippen LogP contribution in [-0.4, -0.2) is 60.9 Å². The Kier molecular flexibility index (Phi) is 11.9. The van der Waals surface area contributed by atoms with Crippen molar-refractivity contribution in [1.29, 1.82) is 0 Å². The fourth-order valence-corrected chi connectivity index (χ4v) is 4.88. The predicted molar refractivity (Wildman–Crippen MR) is 154 cm³/mol. The molecule has 1 aliphatic heterocycles. The number of fused-ring (bicyclic) bond motifs is 1. The second kappa shape index (κ2) is 15.1. The topological polar surface area (TPSA) is 91.7 Å². The van der Waals surface area contributed by atoms with Gasteiger partial charge in [0, 0.05) is 45.4 Å². The van der Waals surface area contributed by atoms with Gasteiger partial charge in [-0.05, 0) is 67.9 Å². The molecule has 8 nitrogen and oxygen atoms in total. The van der Waals surface area contributed by atoms with Gasteiger partial charge in [0.25, 0.3) is 0 Å². The zero-order chi connectivity index (χ0) is 28.4. The fourth-order valence-electron chi connectivity index (χ4n) is 4.88. The van der Waals surface area contributed by atoms with E-state index in [1.807, 2.05) is 46.8 Å². The molecule has 1 saturated heterocycles. The normalized spacial score (nSPS) is 16.2. The number of Topliss-reactive ketones (excluding diaryl/α,β-unsaturated/α-hetero) is 1. The van der Waals surface area contributed by atoms with Crippen LogP contribution >= 0.6 is 0 Å². The van der Waals surface area contributed by atoms with E-state index < -0.39 is 6.04 Å². The second-order valence-corrected chi connectivity index (χ2v) is 10.5. The monoisotopic (exact) mass is 539 g/mol. The van der Waals surface area contributed by atoms with Gasteiger partial charge >= 0.3 is 5.97 Å². The lowest BCUT2D eigenvalue weighted by molar-refractivity contribution is -0.148. The summed E-state index contributed by atoms with van der Waals surface area (Å²) in [5.41, 5.74) is 4.67. The lowest BCUT2D eigenvalue weighted by Crippen LogP contribution is -2.42. The van der Waals surface area contributed by atoms with Crippen LogP contribution < -0.4 is 5.32 Å². The average molecular weight is 540 g/mol. The van der Waals surface area contributed by atoms with Crippen molar-refractivity contribution in [2.45, 2.75) is 73.0 Å². The fraction of sp³-hybridized carbons (Fsp3) is 0.581. The van der Waals surface area contributed by atoms with Gasteiger partial charge in [-0.15, -0.1) is 0 Å². The van der Waals surface area contributed by atoms with Gasteiger partial charge in [0.2, 0.25) is 0 Å². The van der Waals surface area contributed by atoms with E-state index in [1.54, 1.807) is 7.11 Å². The maximum absolute atomic E-state index is 12.6. The second-order valence-electron chi connectivity index (χ2n) is 10.5. The van der Waals surface area contributed by atoms with Gasteiger partial charge in [0.05, 0.1) is 17.6 Å². The van der Waals surface area contributed by atoms with E-state index >= 15 is 0 Å². The Morgan fingerprint density at radius 3 is 2.62 bits per heavy atom. The molecule has 1 aromatic carbocycles. The molecule has 1 atom stereocenters. The first-order valence-electron chi connectivity index (χ1n) is 14.1. The van der Waals surface area contributed by atoms with E-state index in [4.69, 9.17) is 19.2 Å². The molecule has 214 valence electrons. The van der Waals surface area contributed by atoms with Gasteiger partial charge < -0.3 is 24.1 Å². The van der Waals surface area contributed by atoms with Gasteiger partial charge in [-0.3, -0.25) is 9.59 Å². The number of benzene rings is 1. The Morgan fingerprint density at radius 2 is 1.97 bits per heavy atom. The molecule has 1 fully saturated rings. The van der Waals surface area contributed by atoms with E-state index in [1.165, 1.54) is 0 Å². The van der Waals surface area contributed by atoms with Crippen molar-refractivity contribution in [3.8, 4) is 0 Å². The van der Waals surface area contributed by atoms with Crippen LogP contribution in [0.25, 0.3) is 16.6 Å². The van der Waals surface area contributed by atoms with Crippen LogP contribution in [0.1, 0.15) is 65.3 Å². The highest BCUT2D eigenvalue weighted by Crippen LogP contribution is 2.28. The number of hydrogen-bond donors (Lipinski definition) is 1. The molecule has 2 heterocycles. The number of esters is 1. The summed E-state index contributed by atoms with van der Waals surface area (Å²) >= 11 is 0. The molecule has 3 rings (SSSR count). The number of methoxy groups -OCH3 is 1. The summed E-state index contributed by atoms with van der Waals surface area (Å²) in [6.07, 6.45) is 6.50. The van der Waals surface area contributed by atoms with E-state index in [9.17, 15) is 9.59 Å². The van der Waals surface area contributed by atoms with Gasteiger partial charge in [0.15, 0.2) is 5.78 Å². The molecular formula is C31H45N3O5. The summed E-state index contributed by atoms with van der Waals surface area (Å²) in [5.74, 6) is 1.32. The molecule has 0 bridgehead atoms. The summed E-state index contributed by atoms with van der Waals surface area (Å²) < 4.78 is 18.2. The molecule has 0 saturated carbocycles. The van der Waals surface area contributed by atoms with Crippen molar-refractivity contribution < 1.29 is 23.8 Å². The van der Waals surface area contributed by atoms with Crippen LogP contribution in [0.15, 0.2) is 35.9 Å². The first-order chi connectivity index (χ1) is 18.8. The van der Waals surface area contributed by atoms with Crippen LogP contribution in [0, 0.1) is 11.8 Å². The third kappa shape index (κ3) is 8.34. The van der Waals surface area contributed by atoms with Crippen molar-refractivity contribution in [1.82, 2.24) is 14.9 Å². The molecule has 1 N–H and O–H groups in total. The van der Waals surface area contributed by atoms with Gasteiger partial charge in [0.1, 0.15) is 18.5 Å². The van der Waals surface area contributed by atoms with Gasteiger partial charge in [-0.2, -0.15) is 0 Å². The highest BCUT2D eigenvalue weighted by molar-refractivity contribution is 5.97. The molecular weight excluding hydrogens is 494 g/mol. The minimum Gasteiger partial charge on any atom is -0.462 e. The quantitative estimate of drug-likeness (QED) is 0.155. The van der Waals surface area contributed by atoms with Crippen LogP contribution in [0.4, 0.5) is 0 Å². The summed E-state index contributed by atoms with van der Waals surface area (Å²) in [7, 11) is 1.58. The Bertz CT molecular complexity index is 1170. The standard InChI is InChI=1S/C31H45N3O5/c1-7-25(17-22(5)28(35)8-2)30-33-26-18-24(19-32-29(21(3)4)31(36)39-16-15-37-6)9-10-27(26)34(30)20-23-11-13-38-14-12-23/h7,9-10,17-18,21,23,29,32H,8,11-16,19-20H2,1-6H3/b22-17-,25-7+. The van der Waals surface area contributed by atoms with Crippen molar-refractivity contribution in [3.05, 3.63) is 47.3 Å². The number of carbonyl (C=O) groups excluding carboxylic acids is 2. The molecule has 8 heteroatoms. The third-order valence-corrected chi connectivity index (χ3v) is 7.27. The van der Waals surface area contributed by atoms with Crippen LogP contribution in [0.2, 0.25) is 0 Å². The molecule has 39 heavy (non-hydrogen) atoms. The van der Waals surface area contributed by atoms with E-state index in [0.717, 1.165) is 66.2 Å². The first kappa shape index (κ1) is 30.7. The lowest BCUT2D eigenvalue weighted by Gasteiger charge is -2.24. The Labute approximate surface area is 232 Å². The molecule has 0 radical (unpaired) electrons. The number of nitrogens with one attached hydrogen (secondary N) is 1. The van der Waals surface area contributed by atoms with E-state index in [0.29, 0.717) is 25.5 Å². The Hall–Kier alpha value is -2.81. The van der Waals surface area contributed by atoms with Crippen LogP contribution in [-0.2, 0) is 36.9 Å². The van der Waals surface area contributed by atoms with Crippen molar-refractivity contribution >= 4 is 28.4 Å². The summed E-state index contributed by atoms with van der Waals surface area (Å²) in [6.45, 7) is 13.3. The minimum atomic E-state index is -0.418. The zero-order valence-corrected chi connectivity index (χ0v) is 24.4. The Balaban J connectivity index is 1.91. The number of imidazole rings is 1. The smallest absolute Gasteiger partial charge is 0.323 e. The highest BCUT2D eigenvalue weighted by Gasteiger charge is 2.24. The third-order valence-electron chi connectivity index (χ3n) is 7.27. The molecule has 2 aromatic rings. The van der Waals surface area contributed by atoms with Gasteiger partial charge in [-0.25, -0.2) is 4.98 Å². The number of nitrogens with zero attached hydrogens (tertiary/aromatic N) is 2. The SMILES string of the molecule is C/C=C(\C=C(\C)C(=O)CC)c1nc2cc(CNC(C(=O)OCCOC)C(C)C)ccc2n1CC1CCOCC1. The number of ketones is 1. The molecule has 1 unspecified atom stereocenters. The molecule has 0 spiro atoms. The average Bonchev–Trinajstić information content (AvgIpc) is 3.28. The maximum atomic E-state index is 12.6. The largest absolute Gasteiger partial charge is 0.462 e. The van der Waals surface area contributed by atoms with E-state index in [2.05, 4.69) is 28.1 Å². The van der Waals surface area contributed by atoms with Crippen molar-refractivity contribution in [2.24, 2.45) is 11.8 Å². The summed E-state index contributed by atoms with van der Waals surface area (Å²) in [5, 5.41) is 3.37. The minimum absolute atomic E-state index is 0.0761. The van der Waals surface area contributed by atoms with E-state index in [-0.39, 0.29) is 24.3 Å². The number of allylic oxidation sites excluding steroid dienone is 4. The summed E-state index contributed by atoms with van der Waals surface area (Å²) in [6, 6.07) is 5.87. The van der Waals surface area contributed by atoms with Crippen LogP contribution in [0.5, 0.6) is 0 Å². The predicted octanol–water partition coefficient (Wildman–Crippen LogP) is 5.10. The summed E-state index contributed by atoms with van der Waals surface area (Å²) in [4.78, 5) is 30.0. The number of hydrogen-bond acceptors (Lipinski definition) is 7. The van der Waals surface area contributed by atoms with Crippen molar-refractivity contribution in [3.63, 3.8) is 0 Å². The molecule has 0 aliphatic carbocycles. The number of rotatable bonds is 14. The first-order valence-corrected chi connectivity index (χ1v) is 14.1. The van der Waals surface area contributed by atoms with Crippen LogP contribution in [0.3, 0.4) is 0 Å². The Morgan fingerprint density at radius 1 is 1.23 bits per heavy atom. The zero-order valence-electron chi connectivity index (χ0n) is 24.4. The molecule has 1 aliphatic rings. The van der Waals surface area contributed by atoms with Gasteiger partial charge in [-0.1, -0.05) is 32.9 Å². The molecule has 0 amide bonds.